The summed E-state index contributed by atoms with van der Waals surface area (Å²) >= 11 is 5.95. The van der Waals surface area contributed by atoms with Gasteiger partial charge in [0.1, 0.15) is 6.04 Å². The van der Waals surface area contributed by atoms with E-state index in [4.69, 9.17) is 11.6 Å². The van der Waals surface area contributed by atoms with E-state index < -0.39 is 16.1 Å². The topological polar surface area (TPSA) is 98.8 Å². The first-order valence-electron chi connectivity index (χ1n) is 11.5. The molecule has 2 N–H and O–H groups in total. The molecule has 2 heterocycles. The van der Waals surface area contributed by atoms with Crippen molar-refractivity contribution >= 4 is 33.4 Å². The molecular weight excluding hydrogens is 476 g/mol. The van der Waals surface area contributed by atoms with Crippen molar-refractivity contribution in [2.24, 2.45) is 0 Å². The molecule has 2 aliphatic rings. The number of amides is 2. The molecule has 0 aliphatic carbocycles. The summed E-state index contributed by atoms with van der Waals surface area (Å²) in [7, 11) is -3.98. The van der Waals surface area contributed by atoms with Crippen LogP contribution in [0.2, 0.25) is 5.02 Å². The molecule has 2 saturated heterocycles. The van der Waals surface area contributed by atoms with Crippen LogP contribution < -0.4 is 10.7 Å². The molecule has 0 bridgehead atoms. The third-order valence-corrected chi connectivity index (χ3v) is 8.32. The molecule has 182 valence electrons. The summed E-state index contributed by atoms with van der Waals surface area (Å²) < 4.78 is 28.5. The first-order valence-corrected chi connectivity index (χ1v) is 13.4. The molecule has 1 atom stereocenters. The van der Waals surface area contributed by atoms with Crippen LogP contribution in [0, 0.1) is 0 Å². The molecule has 0 radical (unpaired) electrons. The van der Waals surface area contributed by atoms with Gasteiger partial charge in [0.2, 0.25) is 15.9 Å². The first-order chi connectivity index (χ1) is 16.3. The summed E-state index contributed by atoms with van der Waals surface area (Å²) in [5, 5.41) is 5.16. The van der Waals surface area contributed by atoms with E-state index in [0.717, 1.165) is 38.8 Å². The van der Waals surface area contributed by atoms with E-state index >= 15 is 0 Å². The van der Waals surface area contributed by atoms with Gasteiger partial charge in [-0.1, -0.05) is 23.7 Å². The quantitative estimate of drug-likeness (QED) is 0.604. The molecule has 2 aromatic rings. The zero-order valence-corrected chi connectivity index (χ0v) is 20.4. The summed E-state index contributed by atoms with van der Waals surface area (Å²) in [5.41, 5.74) is 4.08. The summed E-state index contributed by atoms with van der Waals surface area (Å²) in [6.07, 6.45) is 4.11. The Kier molecular flexibility index (Phi) is 7.88. The third kappa shape index (κ3) is 5.78. The highest BCUT2D eigenvalue weighted by Crippen LogP contribution is 2.26. The van der Waals surface area contributed by atoms with E-state index in [0.29, 0.717) is 29.1 Å². The maximum atomic E-state index is 13.6. The van der Waals surface area contributed by atoms with Crippen molar-refractivity contribution in [2.45, 2.75) is 49.6 Å². The molecular formula is C24H29ClN4O4S. The largest absolute Gasteiger partial charge is 0.355 e. The Morgan fingerprint density at radius 1 is 1.03 bits per heavy atom. The van der Waals surface area contributed by atoms with Gasteiger partial charge in [0, 0.05) is 36.8 Å². The Hall–Kier alpha value is -2.46. The van der Waals surface area contributed by atoms with E-state index in [1.54, 1.807) is 24.3 Å². The van der Waals surface area contributed by atoms with Gasteiger partial charge in [0.25, 0.3) is 5.91 Å². The third-order valence-electron chi connectivity index (χ3n) is 6.19. The molecule has 4 rings (SSSR count). The number of halogens is 1. The number of hydrazine groups is 1. The van der Waals surface area contributed by atoms with Crippen molar-refractivity contribution in [3.63, 3.8) is 0 Å². The molecule has 1 unspecified atom stereocenters. The molecule has 2 aliphatic heterocycles. The van der Waals surface area contributed by atoms with Crippen LogP contribution in [-0.4, -0.2) is 55.2 Å². The highest BCUT2D eigenvalue weighted by atomic mass is 35.5. The number of hydrogen-bond donors (Lipinski definition) is 2. The van der Waals surface area contributed by atoms with Gasteiger partial charge in [0.05, 0.1) is 4.90 Å². The van der Waals surface area contributed by atoms with Crippen LogP contribution in [0.15, 0.2) is 53.4 Å². The predicted octanol–water partition coefficient (Wildman–Crippen LogP) is 2.94. The molecule has 0 saturated carbocycles. The number of rotatable bonds is 7. The maximum Gasteiger partial charge on any atom is 0.265 e. The first kappa shape index (κ1) is 24.7. The molecule has 8 nitrogen and oxygen atoms in total. The highest BCUT2D eigenvalue weighted by molar-refractivity contribution is 7.89. The second-order valence-electron chi connectivity index (χ2n) is 8.64. The zero-order chi connectivity index (χ0) is 24.1. The molecule has 0 spiro atoms. The fraction of sp³-hybridized carbons (Fsp3) is 0.417. The minimum atomic E-state index is -3.98. The molecule has 2 amide bonds. The minimum absolute atomic E-state index is 0.0110. The van der Waals surface area contributed by atoms with Crippen LogP contribution in [-0.2, 0) is 21.4 Å². The van der Waals surface area contributed by atoms with Crippen molar-refractivity contribution in [1.82, 2.24) is 20.1 Å². The molecule has 2 aromatic carbocycles. The Morgan fingerprint density at radius 3 is 2.38 bits per heavy atom. The predicted molar refractivity (Wildman–Crippen MR) is 130 cm³/mol. The second-order valence-corrected chi connectivity index (χ2v) is 11.0. The zero-order valence-electron chi connectivity index (χ0n) is 18.9. The van der Waals surface area contributed by atoms with E-state index in [1.165, 1.54) is 28.6 Å². The van der Waals surface area contributed by atoms with Gasteiger partial charge in [-0.05, 0) is 74.1 Å². The van der Waals surface area contributed by atoms with Crippen LogP contribution in [0.4, 0.5) is 0 Å². The number of benzene rings is 2. The van der Waals surface area contributed by atoms with Gasteiger partial charge in [-0.3, -0.25) is 15.0 Å². The monoisotopic (exact) mass is 504 g/mol. The fourth-order valence-corrected chi connectivity index (χ4v) is 6.01. The van der Waals surface area contributed by atoms with Gasteiger partial charge in [-0.15, -0.1) is 0 Å². The van der Waals surface area contributed by atoms with E-state index in [-0.39, 0.29) is 23.3 Å². The summed E-state index contributed by atoms with van der Waals surface area (Å²) in [5.74, 6) is -0.487. The lowest BCUT2D eigenvalue weighted by Crippen LogP contribution is -2.48. The number of carbonyl (C=O) groups excluding carboxylic acids is 2. The number of carbonyl (C=O) groups is 2. The summed E-state index contributed by atoms with van der Waals surface area (Å²) in [6, 6.07) is 12.0. The smallest absolute Gasteiger partial charge is 0.265 e. The molecule has 2 fully saturated rings. The Labute approximate surface area is 205 Å². The Balaban J connectivity index is 1.58. The van der Waals surface area contributed by atoms with E-state index in [2.05, 4.69) is 10.7 Å². The van der Waals surface area contributed by atoms with Crippen molar-refractivity contribution in [3.05, 3.63) is 64.7 Å². The fourth-order valence-electron chi connectivity index (χ4n) is 4.28. The number of nitrogens with zero attached hydrogens (tertiary/aromatic N) is 2. The van der Waals surface area contributed by atoms with Gasteiger partial charge in [0.15, 0.2) is 0 Å². The number of sulfonamides is 1. The van der Waals surface area contributed by atoms with E-state index in [1.807, 2.05) is 5.01 Å². The molecule has 10 heteroatoms. The SMILES string of the molecule is O=C(NN1CCCC1)c1ccc(CN(C2CCCCNC2=O)S(=O)(=O)c2ccc(Cl)cc2)cc1. The Morgan fingerprint density at radius 2 is 1.71 bits per heavy atom. The molecule has 0 aromatic heterocycles. The number of nitrogens with one attached hydrogen (secondary N) is 2. The van der Waals surface area contributed by atoms with Crippen molar-refractivity contribution in [2.75, 3.05) is 19.6 Å². The number of hydrogen-bond acceptors (Lipinski definition) is 5. The summed E-state index contributed by atoms with van der Waals surface area (Å²) in [4.78, 5) is 25.4. The van der Waals surface area contributed by atoms with Gasteiger partial charge in [-0.25, -0.2) is 13.4 Å². The van der Waals surface area contributed by atoms with E-state index in [9.17, 15) is 18.0 Å². The summed E-state index contributed by atoms with van der Waals surface area (Å²) in [6.45, 7) is 2.22. The maximum absolute atomic E-state index is 13.6. The van der Waals surface area contributed by atoms with Gasteiger partial charge in [-0.2, -0.15) is 4.31 Å². The standard InChI is InChI=1S/C24H29ClN4O4S/c25-20-10-12-21(13-11-20)34(32,33)29(22-5-1-2-14-26-24(22)31)17-18-6-8-19(9-7-18)23(30)27-28-15-3-4-16-28/h6-13,22H,1-5,14-17H2,(H,26,31)(H,27,30). The van der Waals surface area contributed by atoms with Gasteiger partial charge >= 0.3 is 0 Å². The second kappa shape index (κ2) is 10.9. The minimum Gasteiger partial charge on any atom is -0.355 e. The van der Waals surface area contributed by atoms with Gasteiger partial charge < -0.3 is 5.32 Å². The molecule has 34 heavy (non-hydrogen) atoms. The van der Waals surface area contributed by atoms with Crippen LogP contribution >= 0.6 is 11.6 Å². The normalized spacial score (nSPS) is 19.6. The van der Waals surface area contributed by atoms with Crippen molar-refractivity contribution in [1.29, 1.82) is 0 Å². The van der Waals surface area contributed by atoms with Crippen LogP contribution in [0.3, 0.4) is 0 Å². The van der Waals surface area contributed by atoms with Crippen molar-refractivity contribution < 1.29 is 18.0 Å². The average Bonchev–Trinajstić information content (AvgIpc) is 3.24. The lowest BCUT2D eigenvalue weighted by Gasteiger charge is -2.29. The van der Waals surface area contributed by atoms with Crippen molar-refractivity contribution in [3.8, 4) is 0 Å². The van der Waals surface area contributed by atoms with Crippen LogP contribution in [0.1, 0.15) is 48.0 Å². The lowest BCUT2D eigenvalue weighted by atomic mass is 10.1. The lowest BCUT2D eigenvalue weighted by molar-refractivity contribution is -0.124. The average molecular weight is 505 g/mol. The Bertz CT molecular complexity index is 1120. The van der Waals surface area contributed by atoms with Crippen LogP contribution in [0.25, 0.3) is 0 Å². The van der Waals surface area contributed by atoms with Crippen LogP contribution in [0.5, 0.6) is 0 Å². The highest BCUT2D eigenvalue weighted by Gasteiger charge is 2.36.